The average molecular weight is 1020 g/mol. The summed E-state index contributed by atoms with van der Waals surface area (Å²) in [6.45, 7) is 16.2. The highest BCUT2D eigenvalue weighted by atomic mass is 32.1. The fourth-order valence-electron chi connectivity index (χ4n) is 11.0. The van der Waals surface area contributed by atoms with Crippen molar-refractivity contribution < 1.29 is 33.8 Å². The van der Waals surface area contributed by atoms with Crippen molar-refractivity contribution in [3.8, 4) is 10.4 Å². The van der Waals surface area contributed by atoms with Gasteiger partial charge >= 0.3 is 5.97 Å². The standard InChI is InChI=1S/C53H74N12O7S/c1-9-72-51(71)43-32(3)57-52(59-39-27-55-62(8)28-39)61-46(43)58-38-18-20-40(21-19-38)63-22-24-64(25-23-63)49(69)37-16-14-36(15-17-37)47(67)60-45(53(5,6)7)50(70)65-29-41(66)26-42(65)48(68)56-31(2)34-10-12-35(13-11-34)44-33(4)54-30-73-44/h10-13,27-28,30-31,36-38,40-42,45,66H,9,14-26,29H2,1-8H3,(H,56,68)(H,60,67)(H2,57,58,59,61)/t31-,36?,37?,38?,40?,41+,42-,45+/m0/s1. The lowest BCUT2D eigenvalue weighted by atomic mass is 9.79. The molecule has 0 radical (unpaired) electrons. The summed E-state index contributed by atoms with van der Waals surface area (Å²) in [6.07, 6.45) is 8.74. The van der Waals surface area contributed by atoms with Crippen molar-refractivity contribution in [1.29, 1.82) is 0 Å². The summed E-state index contributed by atoms with van der Waals surface area (Å²) < 4.78 is 7.07. The Morgan fingerprint density at radius 2 is 1.56 bits per heavy atom. The Morgan fingerprint density at radius 3 is 2.18 bits per heavy atom. The topological polar surface area (TPSA) is 229 Å². The molecule has 4 atom stereocenters. The number of β-amino-alcohol motifs (C(OH)–C–C–N with tert-alkyl or cyclic N) is 1. The molecule has 5 N–H and O–H groups in total. The van der Waals surface area contributed by atoms with Crippen LogP contribution in [0, 0.1) is 31.1 Å². The van der Waals surface area contributed by atoms with Crippen LogP contribution in [0.5, 0.6) is 0 Å². The van der Waals surface area contributed by atoms with E-state index >= 15 is 0 Å². The van der Waals surface area contributed by atoms with E-state index in [9.17, 15) is 29.1 Å². The van der Waals surface area contributed by atoms with E-state index in [0.717, 1.165) is 66.2 Å². The number of ether oxygens (including phenoxy) is 1. The second-order valence-electron chi connectivity index (χ2n) is 21.5. The van der Waals surface area contributed by atoms with Crippen LogP contribution in [0.15, 0.2) is 42.2 Å². The van der Waals surface area contributed by atoms with Crippen LogP contribution in [0.2, 0.25) is 0 Å². The Kier molecular flexibility index (Phi) is 16.8. The summed E-state index contributed by atoms with van der Waals surface area (Å²) in [5.74, 6) is -0.968. The van der Waals surface area contributed by atoms with Crippen molar-refractivity contribution in [3.63, 3.8) is 0 Å². The van der Waals surface area contributed by atoms with Gasteiger partial charge in [-0.15, -0.1) is 11.3 Å². The first-order valence-corrected chi connectivity index (χ1v) is 26.9. The Labute approximate surface area is 432 Å². The number of anilines is 3. The van der Waals surface area contributed by atoms with Crippen molar-refractivity contribution in [1.82, 2.24) is 50.1 Å². The Hall–Kier alpha value is -5.99. The van der Waals surface area contributed by atoms with Gasteiger partial charge in [0.15, 0.2) is 0 Å². The number of carbonyl (C=O) groups is 5. The minimum atomic E-state index is -0.927. The number of hydrogen-bond donors (Lipinski definition) is 5. The maximum atomic E-state index is 14.4. The van der Waals surface area contributed by atoms with Gasteiger partial charge in [0, 0.05) is 76.3 Å². The number of aliphatic hydroxyl groups excluding tert-OH is 1. The fraction of sp³-hybridized carbons (Fsp3) is 0.604. The third kappa shape index (κ3) is 12.7. The van der Waals surface area contributed by atoms with Crippen LogP contribution >= 0.6 is 11.3 Å². The molecule has 19 nitrogen and oxygen atoms in total. The molecule has 8 rings (SSSR count). The van der Waals surface area contributed by atoms with Gasteiger partial charge in [0.05, 0.1) is 52.4 Å². The van der Waals surface area contributed by atoms with Gasteiger partial charge in [-0.1, -0.05) is 45.0 Å². The number of aryl methyl sites for hydroxylation is 3. The molecule has 20 heteroatoms. The molecule has 4 amide bonds. The van der Waals surface area contributed by atoms with Crippen LogP contribution in [0.1, 0.15) is 126 Å². The molecule has 1 aromatic carbocycles. The first-order valence-electron chi connectivity index (χ1n) is 26.1. The number of nitrogens with one attached hydrogen (secondary N) is 4. The van der Waals surface area contributed by atoms with Crippen molar-refractivity contribution >= 4 is 58.4 Å². The van der Waals surface area contributed by atoms with E-state index in [1.54, 1.807) is 36.1 Å². The molecule has 394 valence electrons. The zero-order valence-electron chi connectivity index (χ0n) is 43.6. The largest absolute Gasteiger partial charge is 0.462 e. The number of nitrogens with zero attached hydrogens (tertiary/aromatic N) is 8. The van der Waals surface area contributed by atoms with Crippen LogP contribution in [0.25, 0.3) is 10.4 Å². The highest BCUT2D eigenvalue weighted by Gasteiger charge is 2.46. The molecule has 4 aliphatic rings. The van der Waals surface area contributed by atoms with Crippen LogP contribution in [-0.2, 0) is 31.0 Å². The Morgan fingerprint density at radius 1 is 0.877 bits per heavy atom. The van der Waals surface area contributed by atoms with Gasteiger partial charge in [0.2, 0.25) is 29.6 Å². The normalized spacial score (nSPS) is 23.6. The SMILES string of the molecule is CCOC(=O)c1c(C)nc(Nc2cnn(C)c2)nc1NC1CCC(N2CCN(C(=O)C3CCC(C(=O)N[C@H](C(=O)N4C[C@H](O)C[C@H]4C(=O)N[C@@H](C)c4ccc(-c5scnc5C)cc4)C(C)(C)C)CC3)CC2)CC1. The third-order valence-electron chi connectivity index (χ3n) is 15.2. The third-order valence-corrected chi connectivity index (χ3v) is 16.2. The maximum Gasteiger partial charge on any atom is 0.343 e. The number of amides is 4. The highest BCUT2D eigenvalue weighted by Crippen LogP contribution is 2.35. The number of aliphatic hydroxyl groups is 1. The molecule has 0 bridgehead atoms. The number of carbonyl (C=O) groups excluding carboxylic acids is 5. The minimum Gasteiger partial charge on any atom is -0.462 e. The van der Waals surface area contributed by atoms with E-state index < -0.39 is 35.5 Å². The van der Waals surface area contributed by atoms with Crippen molar-refractivity contribution in [2.75, 3.05) is 50.0 Å². The summed E-state index contributed by atoms with van der Waals surface area (Å²) in [6, 6.07) is 6.31. The van der Waals surface area contributed by atoms with E-state index in [4.69, 9.17) is 9.72 Å². The van der Waals surface area contributed by atoms with Crippen LogP contribution in [0.4, 0.5) is 17.5 Å². The molecule has 3 aromatic heterocycles. The van der Waals surface area contributed by atoms with E-state index in [1.165, 1.54) is 4.90 Å². The van der Waals surface area contributed by atoms with Gasteiger partial charge in [-0.25, -0.2) is 14.8 Å². The highest BCUT2D eigenvalue weighted by molar-refractivity contribution is 7.13. The molecular formula is C53H74N12O7S. The lowest BCUT2D eigenvalue weighted by molar-refractivity contribution is -0.145. The molecule has 4 fully saturated rings. The first-order chi connectivity index (χ1) is 34.9. The number of thiazole rings is 1. The predicted octanol–water partition coefficient (Wildman–Crippen LogP) is 5.91. The fourth-order valence-corrected chi connectivity index (χ4v) is 11.8. The van der Waals surface area contributed by atoms with Gasteiger partial charge < -0.3 is 40.9 Å². The van der Waals surface area contributed by atoms with Gasteiger partial charge in [0.1, 0.15) is 23.5 Å². The molecule has 73 heavy (non-hydrogen) atoms. The summed E-state index contributed by atoms with van der Waals surface area (Å²) in [5, 5.41) is 27.9. The lowest BCUT2D eigenvalue weighted by Gasteiger charge is -2.43. The van der Waals surface area contributed by atoms with Gasteiger partial charge in [-0.3, -0.25) is 28.8 Å². The summed E-state index contributed by atoms with van der Waals surface area (Å²) in [5.41, 5.74) is 5.65. The zero-order valence-corrected chi connectivity index (χ0v) is 44.5. The minimum absolute atomic E-state index is 0.00433. The number of piperazine rings is 1. The smallest absolute Gasteiger partial charge is 0.343 e. The molecule has 5 heterocycles. The quantitative estimate of drug-likeness (QED) is 0.0873. The number of rotatable bonds is 15. The van der Waals surface area contributed by atoms with Gasteiger partial charge in [-0.05, 0) is 95.6 Å². The summed E-state index contributed by atoms with van der Waals surface area (Å²) >= 11 is 1.58. The Balaban J connectivity index is 0.788. The number of likely N-dealkylation sites (tertiary alicyclic amines) is 1. The van der Waals surface area contributed by atoms with E-state index in [0.29, 0.717) is 67.8 Å². The van der Waals surface area contributed by atoms with E-state index in [2.05, 4.69) is 41.2 Å². The number of hydrogen-bond acceptors (Lipinski definition) is 15. The van der Waals surface area contributed by atoms with Gasteiger partial charge in [-0.2, -0.15) is 10.1 Å². The lowest BCUT2D eigenvalue weighted by Crippen LogP contribution is -2.58. The summed E-state index contributed by atoms with van der Waals surface area (Å²) in [7, 11) is 1.83. The number of benzene rings is 1. The van der Waals surface area contributed by atoms with Gasteiger partial charge in [0.25, 0.3) is 0 Å². The summed E-state index contributed by atoms with van der Waals surface area (Å²) in [4.78, 5) is 89.8. The Bertz CT molecular complexity index is 2590. The monoisotopic (exact) mass is 1020 g/mol. The van der Waals surface area contributed by atoms with Crippen LogP contribution < -0.4 is 21.3 Å². The molecule has 4 aromatic rings. The molecule has 2 saturated carbocycles. The van der Waals surface area contributed by atoms with E-state index in [-0.39, 0.29) is 61.2 Å². The predicted molar refractivity (Wildman–Crippen MR) is 279 cm³/mol. The van der Waals surface area contributed by atoms with Crippen molar-refractivity contribution in [2.45, 2.75) is 143 Å². The molecule has 2 saturated heterocycles. The molecule has 2 aliphatic carbocycles. The second-order valence-corrected chi connectivity index (χ2v) is 22.3. The first kappa shape index (κ1) is 53.3. The second kappa shape index (κ2) is 23.1. The average Bonchev–Trinajstić information content (AvgIpc) is 4.11. The van der Waals surface area contributed by atoms with Crippen LogP contribution in [-0.4, -0.2) is 144 Å². The van der Waals surface area contributed by atoms with Crippen LogP contribution in [0.3, 0.4) is 0 Å². The molecule has 0 spiro atoms. The molecule has 0 unspecified atom stereocenters. The maximum absolute atomic E-state index is 14.4. The van der Waals surface area contributed by atoms with Crippen molar-refractivity contribution in [3.05, 3.63) is 64.7 Å². The molecular weight excluding hydrogens is 949 g/mol. The zero-order chi connectivity index (χ0) is 52.1. The number of esters is 1. The molecule has 2 aliphatic heterocycles. The number of aromatic nitrogens is 5. The van der Waals surface area contributed by atoms with E-state index in [1.807, 2.05) is 82.5 Å². The van der Waals surface area contributed by atoms with Crippen molar-refractivity contribution in [2.24, 2.45) is 24.3 Å².